The molecule has 1 saturated heterocycles. The number of rotatable bonds is 0. The molecule has 0 aliphatic carbocycles. The van der Waals surface area contributed by atoms with Crippen LogP contribution in [0.2, 0.25) is 0 Å². The average molecular weight is 213 g/mol. The van der Waals surface area contributed by atoms with Crippen LogP contribution in [0.25, 0.3) is 0 Å². The number of hydrogen-bond acceptors (Lipinski definition) is 2. The fraction of sp³-hybridized carbons (Fsp3) is 1.00. The van der Waals surface area contributed by atoms with Crippen molar-refractivity contribution in [2.45, 2.75) is 0 Å². The van der Waals surface area contributed by atoms with Crippen LogP contribution in [-0.2, 0) is 23.4 Å². The van der Waals surface area contributed by atoms with Gasteiger partial charge in [-0.05, 0) is 0 Å². The van der Waals surface area contributed by atoms with Crippen molar-refractivity contribution >= 4 is 7.43 Å². The Balaban J connectivity index is 0.000000162. The Morgan fingerprint density at radius 2 is 2.29 bits per heavy atom. The molecule has 2 nitrogen and oxygen atoms in total. The van der Waals surface area contributed by atoms with Gasteiger partial charge in [0.1, 0.15) is 0 Å². The SMILES string of the molecule is C1COCN1.[PH2][Pd]. The molecule has 1 atom stereocenters. The van der Waals surface area contributed by atoms with E-state index in [1.54, 1.807) is 0 Å². The molecular weight excluding hydrogens is 203 g/mol. The van der Waals surface area contributed by atoms with Crippen molar-refractivity contribution < 1.29 is 23.4 Å². The van der Waals surface area contributed by atoms with Gasteiger partial charge in [0, 0.05) is 6.54 Å². The van der Waals surface area contributed by atoms with Crippen LogP contribution in [0.1, 0.15) is 0 Å². The molecule has 0 aromatic rings. The van der Waals surface area contributed by atoms with E-state index in [-0.39, 0.29) is 0 Å². The molecule has 1 fully saturated rings. The maximum absolute atomic E-state index is 4.83. The van der Waals surface area contributed by atoms with Gasteiger partial charge in [0.25, 0.3) is 0 Å². The van der Waals surface area contributed by atoms with E-state index in [9.17, 15) is 0 Å². The van der Waals surface area contributed by atoms with Gasteiger partial charge in [0.15, 0.2) is 0 Å². The van der Waals surface area contributed by atoms with E-state index in [4.69, 9.17) is 4.74 Å². The predicted octanol–water partition coefficient (Wildman–Crippen LogP) is -0.113. The molecule has 1 aliphatic heterocycles. The molecule has 1 unspecified atom stereocenters. The van der Waals surface area contributed by atoms with Crippen LogP contribution < -0.4 is 5.32 Å². The van der Waals surface area contributed by atoms with Crippen molar-refractivity contribution in [2.24, 2.45) is 0 Å². The van der Waals surface area contributed by atoms with Gasteiger partial charge in [0.05, 0.1) is 13.3 Å². The van der Waals surface area contributed by atoms with Gasteiger partial charge in [-0.1, -0.05) is 0 Å². The van der Waals surface area contributed by atoms with Gasteiger partial charge >= 0.3 is 26.1 Å². The summed E-state index contributed by atoms with van der Waals surface area (Å²) in [5.74, 6) is 0. The van der Waals surface area contributed by atoms with Crippen molar-refractivity contribution in [1.29, 1.82) is 0 Å². The third kappa shape index (κ3) is 4.87. The molecule has 0 saturated carbocycles. The summed E-state index contributed by atoms with van der Waals surface area (Å²) in [5, 5.41) is 3.00. The van der Waals surface area contributed by atoms with Crippen LogP contribution in [0.15, 0.2) is 0 Å². The first-order valence-corrected chi connectivity index (χ1v) is 5.02. The van der Waals surface area contributed by atoms with Gasteiger partial charge < -0.3 is 4.74 Å². The third-order valence-corrected chi connectivity index (χ3v) is 0.627. The van der Waals surface area contributed by atoms with Crippen LogP contribution in [0.4, 0.5) is 0 Å². The molecule has 47 valence electrons. The molecule has 1 N–H and O–H groups in total. The Morgan fingerprint density at radius 1 is 1.57 bits per heavy atom. The summed E-state index contributed by atoms with van der Waals surface area (Å²) in [7, 11) is 2.27. The summed E-state index contributed by atoms with van der Waals surface area (Å²) in [5.41, 5.74) is 0. The van der Waals surface area contributed by atoms with Crippen LogP contribution in [0, 0.1) is 0 Å². The molecule has 0 aromatic heterocycles. The summed E-state index contributed by atoms with van der Waals surface area (Å²) < 4.78 is 4.83. The number of nitrogens with one attached hydrogen (secondary N) is 1. The summed E-state index contributed by atoms with van der Waals surface area (Å²) in [6.07, 6.45) is 0. The first-order valence-electron chi connectivity index (χ1n) is 1.97. The fourth-order valence-electron chi connectivity index (χ4n) is 0.361. The molecule has 1 rings (SSSR count). The Bertz CT molecular complexity index is 26.5. The minimum absolute atomic E-state index is 0.750. The Hall–Kier alpha value is 1.01. The average Bonchev–Trinajstić information content (AvgIpc) is 2.23. The van der Waals surface area contributed by atoms with Gasteiger partial charge in [-0.3, -0.25) is 5.32 Å². The zero-order chi connectivity index (χ0) is 5.54. The van der Waals surface area contributed by atoms with E-state index in [1.807, 2.05) is 0 Å². The summed E-state index contributed by atoms with van der Waals surface area (Å²) in [6.45, 7) is 2.67. The van der Waals surface area contributed by atoms with E-state index in [0.29, 0.717) is 0 Å². The molecule has 0 aromatic carbocycles. The third-order valence-electron chi connectivity index (χ3n) is 0.627. The first-order chi connectivity index (χ1) is 3.50. The topological polar surface area (TPSA) is 21.3 Å². The van der Waals surface area contributed by atoms with Crippen molar-refractivity contribution in [1.82, 2.24) is 5.32 Å². The van der Waals surface area contributed by atoms with Gasteiger partial charge in [-0.2, -0.15) is 0 Å². The van der Waals surface area contributed by atoms with E-state index in [0.717, 1.165) is 19.9 Å². The van der Waals surface area contributed by atoms with Gasteiger partial charge in [-0.25, -0.2) is 0 Å². The fourth-order valence-corrected chi connectivity index (χ4v) is 0.361. The van der Waals surface area contributed by atoms with Crippen LogP contribution in [0.3, 0.4) is 0 Å². The van der Waals surface area contributed by atoms with E-state index in [1.165, 1.54) is 0 Å². The molecule has 0 bridgehead atoms. The molecule has 0 spiro atoms. The molecule has 0 amide bonds. The van der Waals surface area contributed by atoms with Crippen molar-refractivity contribution in [3.63, 3.8) is 0 Å². The van der Waals surface area contributed by atoms with E-state index < -0.39 is 0 Å². The Labute approximate surface area is 56.5 Å². The second kappa shape index (κ2) is 7.01. The monoisotopic (exact) mass is 212 g/mol. The Morgan fingerprint density at radius 3 is 2.43 bits per heavy atom. The van der Waals surface area contributed by atoms with E-state index >= 15 is 0 Å². The van der Waals surface area contributed by atoms with Crippen LogP contribution in [-0.4, -0.2) is 19.9 Å². The summed E-state index contributed by atoms with van der Waals surface area (Å²) in [6, 6.07) is 0. The molecule has 1 heterocycles. The standard InChI is InChI=1S/C3H7NO.H2P.Pd/c1-2-5-3-4-1;;/h4H,1-3H2;1H2;/q;-1;+1. The van der Waals surface area contributed by atoms with Crippen LogP contribution >= 0.6 is 7.43 Å². The summed E-state index contributed by atoms with van der Waals surface area (Å²) in [4.78, 5) is 0. The summed E-state index contributed by atoms with van der Waals surface area (Å²) >= 11 is 2.67. The van der Waals surface area contributed by atoms with Gasteiger partial charge in [0.2, 0.25) is 0 Å². The molecule has 1 aliphatic rings. The van der Waals surface area contributed by atoms with E-state index in [2.05, 4.69) is 31.5 Å². The number of ether oxygens (including phenoxy) is 1. The second-order valence-corrected chi connectivity index (χ2v) is 1.05. The zero-order valence-corrected chi connectivity index (χ0v) is 6.63. The maximum atomic E-state index is 4.83. The molecule has 0 radical (unpaired) electrons. The van der Waals surface area contributed by atoms with Crippen LogP contribution in [0.5, 0.6) is 0 Å². The normalized spacial score (nSPS) is 18.1. The second-order valence-electron chi connectivity index (χ2n) is 1.05. The number of hydrogen-bond donors (Lipinski definition) is 1. The zero-order valence-electron chi connectivity index (χ0n) is 3.92. The van der Waals surface area contributed by atoms with Crippen molar-refractivity contribution in [3.8, 4) is 0 Å². The minimum atomic E-state index is 0.750. The molecule has 4 heteroatoms. The quantitative estimate of drug-likeness (QED) is 0.447. The Kier molecular flexibility index (Phi) is 8.03. The first kappa shape index (κ1) is 8.01. The predicted molar refractivity (Wildman–Crippen MR) is 28.5 cm³/mol. The molecule has 7 heavy (non-hydrogen) atoms. The van der Waals surface area contributed by atoms with Crippen molar-refractivity contribution in [2.75, 3.05) is 19.9 Å². The molecular formula is C3H9NOPPd. The van der Waals surface area contributed by atoms with Crippen molar-refractivity contribution in [3.05, 3.63) is 0 Å². The van der Waals surface area contributed by atoms with Gasteiger partial charge in [-0.15, -0.1) is 0 Å².